The molecule has 2 rings (SSSR count). The molecule has 1 N–H and O–H groups in total. The average molecular weight is 487 g/mol. The maximum atomic E-state index is 12.4. The summed E-state index contributed by atoms with van der Waals surface area (Å²) in [7, 11) is 1.20. The van der Waals surface area contributed by atoms with Crippen LogP contribution in [0.1, 0.15) is 45.1 Å². The van der Waals surface area contributed by atoms with Gasteiger partial charge in [0.15, 0.2) is 0 Å². The number of carboxylic acids is 1. The van der Waals surface area contributed by atoms with Gasteiger partial charge in [-0.15, -0.1) is 5.10 Å². The van der Waals surface area contributed by atoms with E-state index in [0.29, 0.717) is 25.0 Å². The largest absolute Gasteiger partial charge is 0.478 e. The van der Waals surface area contributed by atoms with Gasteiger partial charge in [-0.25, -0.2) is 14.3 Å². The smallest absolute Gasteiger partial charge is 0.389 e. The Hall–Kier alpha value is -3.31. The van der Waals surface area contributed by atoms with E-state index < -0.39 is 35.4 Å². The number of halogens is 3. The zero-order valence-corrected chi connectivity index (χ0v) is 19.2. The number of carbonyl (C=O) groups is 1. The van der Waals surface area contributed by atoms with Crippen molar-refractivity contribution in [2.75, 3.05) is 6.61 Å². The van der Waals surface area contributed by atoms with Crippen LogP contribution < -0.4 is 20.7 Å². The van der Waals surface area contributed by atoms with Gasteiger partial charge in [0, 0.05) is 26.4 Å². The van der Waals surface area contributed by atoms with Crippen molar-refractivity contribution in [2.24, 2.45) is 7.05 Å². The number of aryl methyl sites for hydroxylation is 1. The molecule has 0 radical (unpaired) electrons. The summed E-state index contributed by atoms with van der Waals surface area (Å²) in [5.74, 6) is -1.05. The Labute approximate surface area is 193 Å². The average Bonchev–Trinajstić information content (AvgIpc) is 2.75. The predicted octanol–water partition coefficient (Wildman–Crippen LogP) is 2.93. The minimum atomic E-state index is -4.35. The van der Waals surface area contributed by atoms with Crippen LogP contribution in [0.5, 0.6) is 11.6 Å². The van der Waals surface area contributed by atoms with E-state index in [0.717, 1.165) is 14.8 Å². The molecule has 0 spiro atoms. The summed E-state index contributed by atoms with van der Waals surface area (Å²) in [5.41, 5.74) is -2.15. The lowest BCUT2D eigenvalue weighted by Crippen LogP contribution is -2.41. The number of alkyl halides is 3. The Kier molecular flexibility index (Phi) is 8.88. The van der Waals surface area contributed by atoms with Crippen molar-refractivity contribution in [3.63, 3.8) is 0 Å². The zero-order valence-electron chi connectivity index (χ0n) is 19.2. The second-order valence-corrected chi connectivity index (χ2v) is 8.02. The van der Waals surface area contributed by atoms with Crippen LogP contribution in [0.15, 0.2) is 33.9 Å². The summed E-state index contributed by atoms with van der Waals surface area (Å²) in [6.07, 6.45) is -4.46. The van der Waals surface area contributed by atoms with Gasteiger partial charge < -0.3 is 14.6 Å². The lowest BCUT2D eigenvalue weighted by atomic mass is 10.0. The molecule has 0 aliphatic heterocycles. The molecule has 1 unspecified atom stereocenters. The number of nitrogens with zero attached hydrogens (tertiary/aromatic N) is 3. The fourth-order valence-electron chi connectivity index (χ4n) is 3.19. The molecule has 0 amide bonds. The number of carboxylic acid groups (broad SMARTS) is 1. The number of benzene rings is 1. The van der Waals surface area contributed by atoms with Gasteiger partial charge in [0.05, 0.1) is 6.61 Å². The molecule has 188 valence electrons. The van der Waals surface area contributed by atoms with Gasteiger partial charge in [0.2, 0.25) is 5.60 Å². The Balaban J connectivity index is 2.01. The molecule has 0 saturated carbocycles. The van der Waals surface area contributed by atoms with Crippen LogP contribution in [-0.2, 0) is 24.8 Å². The quantitative estimate of drug-likeness (QED) is 0.490. The van der Waals surface area contributed by atoms with Crippen molar-refractivity contribution >= 4 is 5.97 Å². The highest BCUT2D eigenvalue weighted by atomic mass is 19.4. The summed E-state index contributed by atoms with van der Waals surface area (Å²) < 4.78 is 49.7. The zero-order chi connectivity index (χ0) is 25.5. The number of hydrogen-bond donors (Lipinski definition) is 1. The number of aromatic nitrogens is 3. The lowest BCUT2D eigenvalue weighted by Gasteiger charge is -2.26. The first-order chi connectivity index (χ1) is 15.9. The van der Waals surface area contributed by atoms with Crippen molar-refractivity contribution in [1.82, 2.24) is 14.3 Å². The Bertz CT molecular complexity index is 1100. The van der Waals surface area contributed by atoms with Crippen molar-refractivity contribution in [3.8, 4) is 11.6 Å². The monoisotopic (exact) mass is 487 g/mol. The van der Waals surface area contributed by atoms with E-state index in [4.69, 9.17) is 9.47 Å². The number of hydrogen-bond acceptors (Lipinski definition) is 6. The minimum Gasteiger partial charge on any atom is -0.478 e. The predicted molar refractivity (Wildman–Crippen MR) is 116 cm³/mol. The molecule has 0 aliphatic carbocycles. The van der Waals surface area contributed by atoms with E-state index in [1.165, 1.54) is 14.0 Å². The van der Waals surface area contributed by atoms with Crippen molar-refractivity contribution in [1.29, 1.82) is 0 Å². The van der Waals surface area contributed by atoms with E-state index in [9.17, 15) is 32.7 Å². The number of rotatable bonds is 12. The normalized spacial score (nSPS) is 13.4. The molecule has 2 aromatic rings. The van der Waals surface area contributed by atoms with Crippen LogP contribution in [0.2, 0.25) is 0 Å². The third kappa shape index (κ3) is 7.35. The summed E-state index contributed by atoms with van der Waals surface area (Å²) in [6.45, 7) is 3.09. The molecular formula is C22H28F3N3O6. The molecule has 12 heteroatoms. The molecule has 9 nitrogen and oxygen atoms in total. The molecule has 0 fully saturated rings. The van der Waals surface area contributed by atoms with Gasteiger partial charge in [-0.1, -0.05) is 25.5 Å². The van der Waals surface area contributed by atoms with Crippen LogP contribution in [0, 0.1) is 0 Å². The standard InChI is InChI=1S/C22H28F3N3O6/c1-4-11-21(2,19(30)31)34-16-8-6-15(7-9-16)10-14-33-17-18(29)27(3)20(32)28(26-17)13-5-12-22(23,24)25/h6-9H,4-5,10-14H2,1-3H3,(H,30,31). The molecule has 0 bridgehead atoms. The van der Waals surface area contributed by atoms with Crippen LogP contribution in [0.4, 0.5) is 13.2 Å². The molecular weight excluding hydrogens is 459 g/mol. The highest BCUT2D eigenvalue weighted by Crippen LogP contribution is 2.24. The van der Waals surface area contributed by atoms with Gasteiger partial charge in [0.1, 0.15) is 5.75 Å². The third-order valence-corrected chi connectivity index (χ3v) is 5.11. The molecule has 1 atom stereocenters. The third-order valence-electron chi connectivity index (χ3n) is 5.11. The van der Waals surface area contributed by atoms with Crippen LogP contribution in [-0.4, -0.2) is 43.8 Å². The van der Waals surface area contributed by atoms with Crippen LogP contribution >= 0.6 is 0 Å². The molecule has 1 aromatic heterocycles. The van der Waals surface area contributed by atoms with Gasteiger partial charge in [-0.05, 0) is 37.5 Å². The highest BCUT2D eigenvalue weighted by molar-refractivity contribution is 5.77. The summed E-state index contributed by atoms with van der Waals surface area (Å²) in [5, 5.41) is 13.2. The number of aliphatic carboxylic acids is 1. The maximum absolute atomic E-state index is 12.4. The fraction of sp³-hybridized carbons (Fsp3) is 0.545. The molecule has 1 aromatic carbocycles. The topological polar surface area (TPSA) is 113 Å². The van der Waals surface area contributed by atoms with E-state index in [1.807, 2.05) is 6.92 Å². The first-order valence-corrected chi connectivity index (χ1v) is 10.8. The lowest BCUT2D eigenvalue weighted by molar-refractivity contribution is -0.154. The SMILES string of the molecule is CCCC(C)(Oc1ccc(CCOc2nn(CCCC(F)(F)F)c(=O)n(C)c2=O)cc1)C(=O)O. The summed E-state index contributed by atoms with van der Waals surface area (Å²) in [4.78, 5) is 35.8. The summed E-state index contributed by atoms with van der Waals surface area (Å²) in [6, 6.07) is 6.70. The Morgan fingerprint density at radius 3 is 2.35 bits per heavy atom. The maximum Gasteiger partial charge on any atom is 0.389 e. The Morgan fingerprint density at radius 2 is 1.79 bits per heavy atom. The van der Waals surface area contributed by atoms with Crippen molar-refractivity contribution in [3.05, 3.63) is 50.7 Å². The van der Waals surface area contributed by atoms with Crippen molar-refractivity contribution < 1.29 is 32.5 Å². The molecule has 0 aliphatic rings. The van der Waals surface area contributed by atoms with E-state index in [2.05, 4.69) is 5.10 Å². The first kappa shape index (κ1) is 26.9. The van der Waals surface area contributed by atoms with E-state index >= 15 is 0 Å². The minimum absolute atomic E-state index is 0.0197. The van der Waals surface area contributed by atoms with Gasteiger partial charge in [0.25, 0.3) is 5.88 Å². The molecule has 34 heavy (non-hydrogen) atoms. The summed E-state index contributed by atoms with van der Waals surface area (Å²) >= 11 is 0. The second kappa shape index (κ2) is 11.2. The van der Waals surface area contributed by atoms with Crippen LogP contribution in [0.25, 0.3) is 0 Å². The second-order valence-electron chi connectivity index (χ2n) is 8.02. The molecule has 1 heterocycles. The van der Waals surface area contributed by atoms with E-state index in [-0.39, 0.29) is 25.5 Å². The first-order valence-electron chi connectivity index (χ1n) is 10.8. The molecule has 0 saturated heterocycles. The highest BCUT2D eigenvalue weighted by Gasteiger charge is 2.34. The Morgan fingerprint density at radius 1 is 1.15 bits per heavy atom. The van der Waals surface area contributed by atoms with Gasteiger partial charge >= 0.3 is 23.4 Å². The van der Waals surface area contributed by atoms with E-state index in [1.54, 1.807) is 24.3 Å². The fourth-order valence-corrected chi connectivity index (χ4v) is 3.19. The van der Waals surface area contributed by atoms with Gasteiger partial charge in [-0.3, -0.25) is 9.36 Å². The van der Waals surface area contributed by atoms with Crippen LogP contribution in [0.3, 0.4) is 0 Å². The van der Waals surface area contributed by atoms with Crippen molar-refractivity contribution in [2.45, 2.75) is 64.3 Å². The van der Waals surface area contributed by atoms with Gasteiger partial charge in [-0.2, -0.15) is 13.2 Å². The number of ether oxygens (including phenoxy) is 2.